The van der Waals surface area contributed by atoms with Crippen molar-refractivity contribution >= 4 is 41.4 Å². The number of nitrogens with zero attached hydrogens (tertiary/aromatic N) is 2. The minimum absolute atomic E-state index is 0.186. The van der Waals surface area contributed by atoms with Crippen molar-refractivity contribution < 1.29 is 4.79 Å². The summed E-state index contributed by atoms with van der Waals surface area (Å²) in [7, 11) is 8.09. The fourth-order valence-corrected chi connectivity index (χ4v) is 6.73. The Bertz CT molecular complexity index is 723. The van der Waals surface area contributed by atoms with Crippen molar-refractivity contribution in [2.45, 2.75) is 0 Å². The molecule has 4 heteroatoms. The first-order valence-electron chi connectivity index (χ1n) is 7.12. The Morgan fingerprint density at radius 1 is 0.762 bits per heavy atom. The van der Waals surface area contributed by atoms with Gasteiger partial charge in [-0.15, -0.1) is 0 Å². The Kier molecular flexibility index (Phi) is 3.53. The molecule has 2 aromatic carbocycles. The van der Waals surface area contributed by atoms with E-state index in [0.29, 0.717) is 0 Å². The van der Waals surface area contributed by atoms with Crippen LogP contribution >= 0.6 is 0 Å². The molecular weight excluding hydrogens is 321 g/mol. The molecular formula is C17H20GeN2O. The van der Waals surface area contributed by atoms with Crippen molar-refractivity contribution in [2.75, 3.05) is 38.0 Å². The third-order valence-corrected chi connectivity index (χ3v) is 8.20. The van der Waals surface area contributed by atoms with E-state index in [1.807, 2.05) is 51.3 Å². The molecule has 0 amide bonds. The minimum atomic E-state index is -1.08. The molecule has 21 heavy (non-hydrogen) atoms. The van der Waals surface area contributed by atoms with Gasteiger partial charge in [0.1, 0.15) is 0 Å². The summed E-state index contributed by atoms with van der Waals surface area (Å²) in [6, 6.07) is 12.6. The summed E-state index contributed by atoms with van der Waals surface area (Å²) in [5.41, 5.74) is 4.12. The third-order valence-electron chi connectivity index (χ3n) is 4.09. The normalized spacial score (nSPS) is 13.8. The number of carbonyl (C=O) groups is 1. The van der Waals surface area contributed by atoms with Gasteiger partial charge < -0.3 is 0 Å². The topological polar surface area (TPSA) is 23.6 Å². The van der Waals surface area contributed by atoms with Crippen molar-refractivity contribution in [2.24, 2.45) is 0 Å². The molecule has 0 fully saturated rings. The van der Waals surface area contributed by atoms with Gasteiger partial charge in [0.05, 0.1) is 0 Å². The molecule has 0 unspecified atom stereocenters. The van der Waals surface area contributed by atoms with E-state index in [-0.39, 0.29) is 5.78 Å². The van der Waals surface area contributed by atoms with Crippen LogP contribution in [0.25, 0.3) is 0 Å². The molecule has 1 heterocycles. The van der Waals surface area contributed by atoms with Gasteiger partial charge in [-0.25, -0.2) is 0 Å². The van der Waals surface area contributed by atoms with Gasteiger partial charge in [0.2, 0.25) is 0 Å². The molecule has 3 rings (SSSR count). The van der Waals surface area contributed by atoms with Crippen molar-refractivity contribution in [1.29, 1.82) is 0 Å². The van der Waals surface area contributed by atoms with Gasteiger partial charge in [-0.1, -0.05) is 0 Å². The molecule has 0 bridgehead atoms. The Morgan fingerprint density at radius 3 is 2.05 bits per heavy atom. The second kappa shape index (κ2) is 5.22. The summed E-state index contributed by atoms with van der Waals surface area (Å²) in [5.74, 6) is 0.186. The van der Waals surface area contributed by atoms with Gasteiger partial charge in [-0.05, 0) is 0 Å². The van der Waals surface area contributed by atoms with Gasteiger partial charge in [-0.3, -0.25) is 0 Å². The number of benzene rings is 2. The predicted molar refractivity (Wildman–Crippen MR) is 92.8 cm³/mol. The molecule has 0 radical (unpaired) electrons. The summed E-state index contributed by atoms with van der Waals surface area (Å²) in [6.45, 7) is 0. The predicted octanol–water partition coefficient (Wildman–Crippen LogP) is 0.483. The van der Waals surface area contributed by atoms with Gasteiger partial charge in [-0.2, -0.15) is 0 Å². The van der Waals surface area contributed by atoms with E-state index in [2.05, 4.69) is 23.1 Å². The number of hydrogen-bond acceptors (Lipinski definition) is 3. The van der Waals surface area contributed by atoms with Gasteiger partial charge in [0.25, 0.3) is 0 Å². The summed E-state index contributed by atoms with van der Waals surface area (Å²) >= 11 is -1.08. The molecule has 1 aliphatic rings. The molecule has 2 aromatic rings. The first-order chi connectivity index (χ1) is 9.97. The average molecular weight is 341 g/mol. The van der Waals surface area contributed by atoms with Crippen molar-refractivity contribution in [3.63, 3.8) is 0 Å². The molecule has 0 atom stereocenters. The Labute approximate surface area is 132 Å². The van der Waals surface area contributed by atoms with Crippen LogP contribution in [0, 0.1) is 0 Å². The van der Waals surface area contributed by atoms with Crippen molar-refractivity contribution in [1.82, 2.24) is 0 Å². The monoisotopic (exact) mass is 342 g/mol. The van der Waals surface area contributed by atoms with Gasteiger partial charge in [0.15, 0.2) is 0 Å². The zero-order valence-electron chi connectivity index (χ0n) is 13.0. The number of ketones is 1. The molecule has 108 valence electrons. The molecule has 0 N–H and O–H groups in total. The number of fused-ring (bicyclic) bond motifs is 2. The van der Waals surface area contributed by atoms with Crippen LogP contribution in [0.2, 0.25) is 0 Å². The fourth-order valence-electron chi connectivity index (χ4n) is 2.78. The van der Waals surface area contributed by atoms with E-state index in [1.54, 1.807) is 0 Å². The van der Waals surface area contributed by atoms with Crippen molar-refractivity contribution in [3.8, 4) is 0 Å². The number of carbonyl (C=O) groups excluding carboxylic acids is 1. The first-order valence-corrected chi connectivity index (χ1v) is 10.1. The van der Waals surface area contributed by atoms with Crippen LogP contribution in [-0.4, -0.2) is 49.4 Å². The van der Waals surface area contributed by atoms with E-state index < -0.39 is 15.4 Å². The van der Waals surface area contributed by atoms with E-state index >= 15 is 0 Å². The molecule has 3 nitrogen and oxygen atoms in total. The van der Waals surface area contributed by atoms with E-state index in [1.165, 1.54) is 14.5 Å². The van der Waals surface area contributed by atoms with E-state index in [0.717, 1.165) is 16.8 Å². The van der Waals surface area contributed by atoms with Crippen LogP contribution in [0.3, 0.4) is 0 Å². The van der Waals surface area contributed by atoms with E-state index in [4.69, 9.17) is 0 Å². The maximum atomic E-state index is 12.8. The van der Waals surface area contributed by atoms with Crippen LogP contribution in [0.5, 0.6) is 0 Å². The van der Waals surface area contributed by atoms with E-state index in [9.17, 15) is 4.79 Å². The summed E-state index contributed by atoms with van der Waals surface area (Å²) in [6.07, 6.45) is 0. The van der Waals surface area contributed by atoms with Crippen LogP contribution in [0.15, 0.2) is 36.4 Å². The second-order valence-corrected chi connectivity index (χ2v) is 9.92. The van der Waals surface area contributed by atoms with Crippen LogP contribution in [0.1, 0.15) is 15.9 Å². The quantitative estimate of drug-likeness (QED) is 0.634. The number of rotatable bonds is 2. The van der Waals surface area contributed by atoms with Crippen LogP contribution in [0.4, 0.5) is 11.4 Å². The summed E-state index contributed by atoms with van der Waals surface area (Å²) < 4.78 is 2.62. The molecule has 0 saturated heterocycles. The van der Waals surface area contributed by atoms with Crippen molar-refractivity contribution in [3.05, 3.63) is 47.5 Å². The molecule has 1 aliphatic heterocycles. The molecule has 0 aliphatic carbocycles. The fraction of sp³-hybridized carbons (Fsp3) is 0.235. The maximum absolute atomic E-state index is 12.8. The average Bonchev–Trinajstić information content (AvgIpc) is 2.46. The molecule has 0 spiro atoms. The van der Waals surface area contributed by atoms with Gasteiger partial charge >= 0.3 is 132 Å². The zero-order chi connectivity index (χ0) is 15.1. The summed E-state index contributed by atoms with van der Waals surface area (Å²) in [4.78, 5) is 16.9. The van der Waals surface area contributed by atoms with Crippen LogP contribution < -0.4 is 18.6 Å². The SMILES string of the molecule is CN(C)c1ccc2[c](c1)[GeH2][c]1ccc(N(C)C)cc1C2=O. The third kappa shape index (κ3) is 2.46. The molecule has 0 saturated carbocycles. The Morgan fingerprint density at radius 2 is 1.38 bits per heavy atom. The Balaban J connectivity index is 2.08. The number of hydrogen-bond donors (Lipinski definition) is 0. The zero-order valence-corrected chi connectivity index (χ0v) is 15.9. The second-order valence-electron chi connectivity index (χ2n) is 5.98. The molecule has 0 aromatic heterocycles. The standard InChI is InChI=1S/C17H20GeN2O/c1-19(2)11-6-8-15-14(9-11)17(21)13-7-5-12(20(3)4)10-16(13)18-15/h5-10H,18H2,1-4H3. The first kappa shape index (κ1) is 14.2. The number of anilines is 2. The summed E-state index contributed by atoms with van der Waals surface area (Å²) in [5, 5.41) is 0. The van der Waals surface area contributed by atoms with Crippen LogP contribution in [-0.2, 0) is 0 Å². The Hall–Kier alpha value is -1.75. The van der Waals surface area contributed by atoms with Gasteiger partial charge in [0, 0.05) is 0 Å².